The lowest BCUT2D eigenvalue weighted by molar-refractivity contribution is -0.127. The van der Waals surface area contributed by atoms with E-state index in [1.165, 1.54) is 19.3 Å². The number of hydrogen-bond donors (Lipinski definition) is 1. The highest BCUT2D eigenvalue weighted by atomic mass is 32.2. The van der Waals surface area contributed by atoms with Gasteiger partial charge < -0.3 is 10.2 Å². The Morgan fingerprint density at radius 3 is 2.37 bits per heavy atom. The second-order valence-corrected chi connectivity index (χ2v) is 8.31. The van der Waals surface area contributed by atoms with Crippen LogP contribution in [0, 0.1) is 0 Å². The lowest BCUT2D eigenvalue weighted by atomic mass is 10.1. The summed E-state index contributed by atoms with van der Waals surface area (Å²) in [6, 6.07) is 17.0. The number of thioether (sulfide) groups is 1. The summed E-state index contributed by atoms with van der Waals surface area (Å²) in [4.78, 5) is 40.9. The van der Waals surface area contributed by atoms with Crippen molar-refractivity contribution < 1.29 is 14.4 Å². The van der Waals surface area contributed by atoms with Crippen molar-refractivity contribution in [1.82, 2.24) is 4.90 Å². The molecular formula is C23H23N3O3S. The molecule has 0 radical (unpaired) electrons. The highest BCUT2D eigenvalue weighted by Crippen LogP contribution is 2.32. The van der Waals surface area contributed by atoms with Crippen molar-refractivity contribution in [3.05, 3.63) is 65.1 Å². The zero-order valence-corrected chi connectivity index (χ0v) is 17.4. The van der Waals surface area contributed by atoms with Gasteiger partial charge >= 0.3 is 0 Å². The zero-order valence-electron chi connectivity index (χ0n) is 16.5. The van der Waals surface area contributed by atoms with Crippen molar-refractivity contribution >= 4 is 46.3 Å². The van der Waals surface area contributed by atoms with Gasteiger partial charge in [-0.05, 0) is 66.9 Å². The van der Waals surface area contributed by atoms with Gasteiger partial charge in [-0.3, -0.25) is 19.3 Å². The number of piperidine rings is 1. The third kappa shape index (κ3) is 4.74. The van der Waals surface area contributed by atoms with E-state index in [0.717, 1.165) is 41.0 Å². The first-order valence-electron chi connectivity index (χ1n) is 10.1. The zero-order chi connectivity index (χ0) is 20.9. The number of benzene rings is 2. The first-order valence-corrected chi connectivity index (χ1v) is 10.9. The van der Waals surface area contributed by atoms with Gasteiger partial charge in [0.05, 0.1) is 4.91 Å². The fourth-order valence-corrected chi connectivity index (χ4v) is 4.43. The lowest BCUT2D eigenvalue weighted by Crippen LogP contribution is -2.36. The SMILES string of the molecule is O=C(CN1C(=O)S/C(=C/c2ccccc2)C1=O)Nc1ccc(N2CCCCC2)cc1. The predicted octanol–water partition coefficient (Wildman–Crippen LogP) is 4.35. The van der Waals surface area contributed by atoms with Gasteiger partial charge in [0.15, 0.2) is 0 Å². The predicted molar refractivity (Wildman–Crippen MR) is 120 cm³/mol. The molecule has 2 aromatic rings. The van der Waals surface area contributed by atoms with Gasteiger partial charge in [-0.15, -0.1) is 0 Å². The normalized spacial score (nSPS) is 18.2. The van der Waals surface area contributed by atoms with Crippen molar-refractivity contribution in [2.45, 2.75) is 19.3 Å². The number of anilines is 2. The Bertz CT molecular complexity index is 967. The van der Waals surface area contributed by atoms with Crippen LogP contribution >= 0.6 is 11.8 Å². The van der Waals surface area contributed by atoms with E-state index >= 15 is 0 Å². The van der Waals surface area contributed by atoms with Crippen molar-refractivity contribution in [3.63, 3.8) is 0 Å². The average molecular weight is 422 g/mol. The van der Waals surface area contributed by atoms with E-state index in [1.807, 2.05) is 54.6 Å². The van der Waals surface area contributed by atoms with Gasteiger partial charge in [0.1, 0.15) is 6.54 Å². The first kappa shape index (κ1) is 20.2. The Balaban J connectivity index is 1.36. The molecule has 0 bridgehead atoms. The van der Waals surface area contributed by atoms with Gasteiger partial charge in [-0.1, -0.05) is 30.3 Å². The van der Waals surface area contributed by atoms with E-state index in [1.54, 1.807) is 6.08 Å². The quantitative estimate of drug-likeness (QED) is 0.727. The summed E-state index contributed by atoms with van der Waals surface area (Å²) in [6.45, 7) is 1.81. The summed E-state index contributed by atoms with van der Waals surface area (Å²) in [7, 11) is 0. The van der Waals surface area contributed by atoms with Crippen LogP contribution in [0.1, 0.15) is 24.8 Å². The molecule has 2 saturated heterocycles. The molecule has 7 heteroatoms. The van der Waals surface area contributed by atoms with Crippen molar-refractivity contribution in [3.8, 4) is 0 Å². The number of nitrogens with one attached hydrogen (secondary N) is 1. The summed E-state index contributed by atoms with van der Waals surface area (Å²) in [6.07, 6.45) is 5.35. The number of amides is 3. The van der Waals surface area contributed by atoms with Crippen LogP contribution in [-0.2, 0) is 9.59 Å². The fourth-order valence-electron chi connectivity index (χ4n) is 3.59. The second-order valence-electron chi connectivity index (χ2n) is 7.32. The Hall–Kier alpha value is -3.06. The molecule has 0 aromatic heterocycles. The molecule has 6 nitrogen and oxygen atoms in total. The number of carbonyl (C=O) groups excluding carboxylic acids is 3. The highest BCUT2D eigenvalue weighted by Gasteiger charge is 2.36. The van der Waals surface area contributed by atoms with E-state index in [0.29, 0.717) is 10.6 Å². The minimum Gasteiger partial charge on any atom is -0.372 e. The molecule has 2 heterocycles. The van der Waals surface area contributed by atoms with Crippen LogP contribution in [0.25, 0.3) is 6.08 Å². The number of carbonyl (C=O) groups is 3. The van der Waals surface area contributed by atoms with Gasteiger partial charge in [-0.25, -0.2) is 0 Å². The van der Waals surface area contributed by atoms with Crippen LogP contribution in [0.4, 0.5) is 16.2 Å². The minimum absolute atomic E-state index is 0.301. The molecular weight excluding hydrogens is 398 g/mol. The topological polar surface area (TPSA) is 69.7 Å². The molecule has 2 fully saturated rings. The van der Waals surface area contributed by atoms with Gasteiger partial charge in [0.2, 0.25) is 5.91 Å². The minimum atomic E-state index is -0.440. The Morgan fingerprint density at radius 2 is 1.67 bits per heavy atom. The monoisotopic (exact) mass is 421 g/mol. The molecule has 0 aliphatic carbocycles. The van der Waals surface area contributed by atoms with E-state index in [9.17, 15) is 14.4 Å². The maximum Gasteiger partial charge on any atom is 0.294 e. The molecule has 4 rings (SSSR count). The molecule has 3 amide bonds. The summed E-state index contributed by atoms with van der Waals surface area (Å²) < 4.78 is 0. The summed E-state index contributed by atoms with van der Waals surface area (Å²) in [5.41, 5.74) is 2.62. The molecule has 2 aromatic carbocycles. The number of hydrogen-bond acceptors (Lipinski definition) is 5. The van der Waals surface area contributed by atoms with Gasteiger partial charge in [-0.2, -0.15) is 0 Å². The average Bonchev–Trinajstić information content (AvgIpc) is 3.03. The van der Waals surface area contributed by atoms with Crippen LogP contribution in [0.15, 0.2) is 59.5 Å². The smallest absolute Gasteiger partial charge is 0.294 e. The van der Waals surface area contributed by atoms with Crippen LogP contribution in [0.2, 0.25) is 0 Å². The lowest BCUT2D eigenvalue weighted by Gasteiger charge is -2.28. The number of imide groups is 1. The van der Waals surface area contributed by atoms with E-state index in [4.69, 9.17) is 0 Å². The largest absolute Gasteiger partial charge is 0.372 e. The molecule has 2 aliphatic rings. The van der Waals surface area contributed by atoms with Crippen molar-refractivity contribution in [2.75, 3.05) is 29.9 Å². The molecule has 30 heavy (non-hydrogen) atoms. The Kier molecular flexibility index (Phi) is 6.18. The van der Waals surface area contributed by atoms with Gasteiger partial charge in [0, 0.05) is 24.5 Å². The molecule has 154 valence electrons. The Morgan fingerprint density at radius 1 is 0.967 bits per heavy atom. The van der Waals surface area contributed by atoms with Crippen LogP contribution < -0.4 is 10.2 Å². The highest BCUT2D eigenvalue weighted by molar-refractivity contribution is 8.18. The maximum absolute atomic E-state index is 12.6. The van der Waals surface area contributed by atoms with E-state index in [-0.39, 0.29) is 6.54 Å². The fraction of sp³-hybridized carbons (Fsp3) is 0.261. The van der Waals surface area contributed by atoms with Crippen molar-refractivity contribution in [1.29, 1.82) is 0 Å². The van der Waals surface area contributed by atoms with Crippen LogP contribution in [0.5, 0.6) is 0 Å². The standard InChI is InChI=1S/C23H23N3O3S/c27-21(24-18-9-11-19(12-10-18)25-13-5-2-6-14-25)16-26-22(28)20(30-23(26)29)15-17-7-3-1-4-8-17/h1,3-4,7-12,15H,2,5-6,13-14,16H2,(H,24,27)/b20-15+. The van der Waals surface area contributed by atoms with Crippen molar-refractivity contribution in [2.24, 2.45) is 0 Å². The maximum atomic E-state index is 12.6. The second kappa shape index (κ2) is 9.17. The molecule has 1 N–H and O–H groups in total. The Labute approximate surface area is 179 Å². The first-order chi connectivity index (χ1) is 14.6. The summed E-state index contributed by atoms with van der Waals surface area (Å²) in [5, 5.41) is 2.34. The van der Waals surface area contributed by atoms with E-state index in [2.05, 4.69) is 10.2 Å². The van der Waals surface area contributed by atoms with E-state index < -0.39 is 17.1 Å². The molecule has 0 spiro atoms. The summed E-state index contributed by atoms with van der Waals surface area (Å²) in [5.74, 6) is -0.839. The molecule has 0 unspecified atom stereocenters. The number of nitrogens with zero attached hydrogens (tertiary/aromatic N) is 2. The summed E-state index contributed by atoms with van der Waals surface area (Å²) >= 11 is 0.856. The number of rotatable bonds is 5. The molecule has 0 saturated carbocycles. The van der Waals surface area contributed by atoms with Crippen LogP contribution in [0.3, 0.4) is 0 Å². The molecule has 2 aliphatic heterocycles. The molecule has 0 atom stereocenters. The third-order valence-electron chi connectivity index (χ3n) is 5.14. The van der Waals surface area contributed by atoms with Gasteiger partial charge in [0.25, 0.3) is 11.1 Å². The van der Waals surface area contributed by atoms with Crippen LogP contribution in [-0.4, -0.2) is 41.6 Å². The third-order valence-corrected chi connectivity index (χ3v) is 6.05.